The molecular weight excluding hydrogens is 114 g/mol. The van der Waals surface area contributed by atoms with Gasteiger partial charge in [0, 0.05) is 12.1 Å². The van der Waals surface area contributed by atoms with Gasteiger partial charge in [-0.3, -0.25) is 0 Å². The van der Waals surface area contributed by atoms with Crippen molar-refractivity contribution in [2.24, 2.45) is 5.73 Å². The molecule has 0 aromatic rings. The van der Waals surface area contributed by atoms with E-state index in [2.05, 4.69) is 0 Å². The SMILES string of the molecule is NC1(CCCCO)CC1. The summed E-state index contributed by atoms with van der Waals surface area (Å²) in [6, 6.07) is 0. The van der Waals surface area contributed by atoms with E-state index in [0.29, 0.717) is 6.61 Å². The van der Waals surface area contributed by atoms with E-state index in [0.717, 1.165) is 19.3 Å². The molecule has 0 radical (unpaired) electrons. The molecule has 0 amide bonds. The Labute approximate surface area is 56.1 Å². The molecule has 1 aliphatic carbocycles. The Morgan fingerprint density at radius 1 is 1.33 bits per heavy atom. The molecule has 0 spiro atoms. The molecule has 1 rings (SSSR count). The van der Waals surface area contributed by atoms with Crippen LogP contribution in [-0.4, -0.2) is 17.3 Å². The normalized spacial score (nSPS) is 22.0. The molecule has 1 fully saturated rings. The monoisotopic (exact) mass is 129 g/mol. The first-order valence-corrected chi connectivity index (χ1v) is 3.67. The van der Waals surface area contributed by atoms with Crippen LogP contribution in [0, 0.1) is 0 Å². The third kappa shape index (κ3) is 2.33. The molecule has 1 aliphatic rings. The maximum atomic E-state index is 8.44. The van der Waals surface area contributed by atoms with Crippen molar-refractivity contribution in [2.45, 2.75) is 37.6 Å². The number of hydrogen-bond donors (Lipinski definition) is 2. The van der Waals surface area contributed by atoms with E-state index in [9.17, 15) is 0 Å². The summed E-state index contributed by atoms with van der Waals surface area (Å²) >= 11 is 0. The minimum Gasteiger partial charge on any atom is -0.396 e. The van der Waals surface area contributed by atoms with Crippen molar-refractivity contribution in [3.63, 3.8) is 0 Å². The molecule has 3 N–H and O–H groups in total. The van der Waals surface area contributed by atoms with Crippen LogP contribution in [0.2, 0.25) is 0 Å². The van der Waals surface area contributed by atoms with Crippen LogP contribution >= 0.6 is 0 Å². The molecule has 0 aliphatic heterocycles. The largest absolute Gasteiger partial charge is 0.396 e. The maximum absolute atomic E-state index is 8.44. The molecule has 0 atom stereocenters. The number of nitrogens with two attached hydrogens (primary N) is 1. The van der Waals surface area contributed by atoms with E-state index >= 15 is 0 Å². The maximum Gasteiger partial charge on any atom is 0.0431 e. The van der Waals surface area contributed by atoms with Crippen LogP contribution < -0.4 is 5.73 Å². The van der Waals surface area contributed by atoms with Gasteiger partial charge < -0.3 is 10.8 Å². The fraction of sp³-hybridized carbons (Fsp3) is 1.00. The molecule has 0 aromatic carbocycles. The molecule has 54 valence electrons. The van der Waals surface area contributed by atoms with Crippen LogP contribution in [0.5, 0.6) is 0 Å². The molecule has 0 unspecified atom stereocenters. The van der Waals surface area contributed by atoms with Crippen LogP contribution in [-0.2, 0) is 0 Å². The highest BCUT2D eigenvalue weighted by atomic mass is 16.2. The fourth-order valence-corrected chi connectivity index (χ4v) is 0.999. The number of aliphatic hydroxyl groups excluding tert-OH is 1. The summed E-state index contributed by atoms with van der Waals surface area (Å²) in [6.45, 7) is 0.316. The zero-order valence-electron chi connectivity index (χ0n) is 5.77. The van der Waals surface area contributed by atoms with Crippen molar-refractivity contribution in [2.75, 3.05) is 6.61 Å². The lowest BCUT2D eigenvalue weighted by atomic mass is 10.1. The molecule has 1 saturated carbocycles. The second kappa shape index (κ2) is 2.67. The van der Waals surface area contributed by atoms with Crippen molar-refractivity contribution in [3.05, 3.63) is 0 Å². The van der Waals surface area contributed by atoms with Crippen LogP contribution in [0.4, 0.5) is 0 Å². The first kappa shape index (κ1) is 7.03. The van der Waals surface area contributed by atoms with Gasteiger partial charge >= 0.3 is 0 Å². The zero-order valence-corrected chi connectivity index (χ0v) is 5.77. The summed E-state index contributed by atoms with van der Waals surface area (Å²) in [6.07, 6.45) is 5.50. The summed E-state index contributed by atoms with van der Waals surface area (Å²) in [4.78, 5) is 0. The van der Waals surface area contributed by atoms with Crippen molar-refractivity contribution in [1.82, 2.24) is 0 Å². The van der Waals surface area contributed by atoms with Gasteiger partial charge in [-0.25, -0.2) is 0 Å². The second-order valence-corrected chi connectivity index (χ2v) is 3.04. The Balaban J connectivity index is 1.92. The first-order chi connectivity index (χ1) is 4.27. The minimum atomic E-state index is 0.190. The van der Waals surface area contributed by atoms with Gasteiger partial charge in [0.25, 0.3) is 0 Å². The highest BCUT2D eigenvalue weighted by Gasteiger charge is 2.36. The predicted molar refractivity (Wildman–Crippen MR) is 37.1 cm³/mol. The number of unbranched alkanes of at least 4 members (excludes halogenated alkanes) is 1. The summed E-state index contributed by atoms with van der Waals surface area (Å²) in [5.74, 6) is 0. The summed E-state index contributed by atoms with van der Waals surface area (Å²) < 4.78 is 0. The molecule has 2 heteroatoms. The summed E-state index contributed by atoms with van der Waals surface area (Å²) in [7, 11) is 0. The average molecular weight is 129 g/mol. The molecule has 0 saturated heterocycles. The second-order valence-electron chi connectivity index (χ2n) is 3.04. The highest BCUT2D eigenvalue weighted by molar-refractivity contribution is 4.97. The van der Waals surface area contributed by atoms with Gasteiger partial charge in [0.05, 0.1) is 0 Å². The Hall–Kier alpha value is -0.0800. The van der Waals surface area contributed by atoms with E-state index in [1.54, 1.807) is 0 Å². The Kier molecular flexibility index (Phi) is 2.09. The van der Waals surface area contributed by atoms with Gasteiger partial charge in [-0.05, 0) is 32.1 Å². The molecule has 0 heterocycles. The Morgan fingerprint density at radius 2 is 2.00 bits per heavy atom. The molecule has 9 heavy (non-hydrogen) atoms. The first-order valence-electron chi connectivity index (χ1n) is 3.67. The molecular formula is C7H15NO. The Bertz CT molecular complexity index is 88.9. The van der Waals surface area contributed by atoms with Gasteiger partial charge in [0.2, 0.25) is 0 Å². The van der Waals surface area contributed by atoms with Crippen LogP contribution in [0.15, 0.2) is 0 Å². The third-order valence-electron chi connectivity index (χ3n) is 1.98. The van der Waals surface area contributed by atoms with E-state index in [-0.39, 0.29) is 5.54 Å². The highest BCUT2D eigenvalue weighted by Crippen LogP contribution is 2.36. The molecule has 0 aromatic heterocycles. The smallest absolute Gasteiger partial charge is 0.0431 e. The lowest BCUT2D eigenvalue weighted by molar-refractivity contribution is 0.280. The molecule has 0 bridgehead atoms. The van der Waals surface area contributed by atoms with Crippen molar-refractivity contribution >= 4 is 0 Å². The van der Waals surface area contributed by atoms with Crippen molar-refractivity contribution < 1.29 is 5.11 Å². The van der Waals surface area contributed by atoms with Crippen LogP contribution in [0.1, 0.15) is 32.1 Å². The summed E-state index contributed by atoms with van der Waals surface area (Å²) in [5, 5.41) is 8.44. The fourth-order valence-electron chi connectivity index (χ4n) is 0.999. The lowest BCUT2D eigenvalue weighted by Crippen LogP contribution is -2.21. The standard InChI is InChI=1S/C7H15NO/c8-7(4-5-7)3-1-2-6-9/h9H,1-6,8H2. The Morgan fingerprint density at radius 3 is 2.44 bits per heavy atom. The minimum absolute atomic E-state index is 0.190. The van der Waals surface area contributed by atoms with E-state index in [4.69, 9.17) is 10.8 Å². The van der Waals surface area contributed by atoms with E-state index in [1.807, 2.05) is 0 Å². The topological polar surface area (TPSA) is 46.2 Å². The van der Waals surface area contributed by atoms with Gasteiger partial charge in [-0.15, -0.1) is 0 Å². The zero-order chi connectivity index (χ0) is 6.74. The third-order valence-corrected chi connectivity index (χ3v) is 1.98. The quantitative estimate of drug-likeness (QED) is 0.547. The molecule has 2 nitrogen and oxygen atoms in total. The van der Waals surface area contributed by atoms with Gasteiger partial charge in [0.15, 0.2) is 0 Å². The van der Waals surface area contributed by atoms with E-state index in [1.165, 1.54) is 12.8 Å². The van der Waals surface area contributed by atoms with Crippen molar-refractivity contribution in [1.29, 1.82) is 0 Å². The number of rotatable bonds is 4. The summed E-state index contributed by atoms with van der Waals surface area (Å²) in [5.41, 5.74) is 6.00. The lowest BCUT2D eigenvalue weighted by Gasteiger charge is -2.05. The van der Waals surface area contributed by atoms with Crippen molar-refractivity contribution in [3.8, 4) is 0 Å². The predicted octanol–water partition coefficient (Wildman–Crippen LogP) is 0.640. The van der Waals surface area contributed by atoms with Gasteiger partial charge in [-0.2, -0.15) is 0 Å². The van der Waals surface area contributed by atoms with Crippen LogP contribution in [0.3, 0.4) is 0 Å². The van der Waals surface area contributed by atoms with Crippen LogP contribution in [0.25, 0.3) is 0 Å². The average Bonchev–Trinajstić information content (AvgIpc) is 2.50. The van der Waals surface area contributed by atoms with Gasteiger partial charge in [-0.1, -0.05) is 0 Å². The number of hydrogen-bond acceptors (Lipinski definition) is 2. The number of aliphatic hydroxyl groups is 1. The van der Waals surface area contributed by atoms with E-state index < -0.39 is 0 Å². The van der Waals surface area contributed by atoms with Gasteiger partial charge in [0.1, 0.15) is 0 Å².